The molecule has 31 heavy (non-hydrogen) atoms. The van der Waals surface area contributed by atoms with Gasteiger partial charge in [0.25, 0.3) is 0 Å². The topological polar surface area (TPSA) is 29.5 Å². The van der Waals surface area contributed by atoms with Gasteiger partial charge >= 0.3 is 6.11 Å². The van der Waals surface area contributed by atoms with Gasteiger partial charge in [0.2, 0.25) is 0 Å². The molecule has 0 heterocycles. The third kappa shape index (κ3) is 4.19. The molecule has 1 N–H and O–H groups in total. The lowest BCUT2D eigenvalue weighted by Crippen LogP contribution is -2.25. The molecule has 3 rings (SSSR count). The summed E-state index contributed by atoms with van der Waals surface area (Å²) < 4.78 is 91.9. The summed E-state index contributed by atoms with van der Waals surface area (Å²) in [4.78, 5) is 0. The van der Waals surface area contributed by atoms with Gasteiger partial charge in [-0.3, -0.25) is 0 Å². The van der Waals surface area contributed by atoms with Crippen LogP contribution in [0.25, 0.3) is 11.1 Å². The van der Waals surface area contributed by atoms with Crippen molar-refractivity contribution in [2.24, 2.45) is 0 Å². The normalized spacial score (nSPS) is 11.6. The molecule has 0 fully saturated rings. The van der Waals surface area contributed by atoms with Crippen LogP contribution in [0.2, 0.25) is 0 Å². The molecule has 0 aliphatic rings. The van der Waals surface area contributed by atoms with E-state index in [1.807, 2.05) is 6.92 Å². The van der Waals surface area contributed by atoms with Gasteiger partial charge in [0, 0.05) is 11.6 Å². The molecule has 164 valence electrons. The van der Waals surface area contributed by atoms with Crippen LogP contribution in [0.15, 0.2) is 42.5 Å². The molecule has 0 atom stereocenters. The van der Waals surface area contributed by atoms with Crippen LogP contribution in [-0.4, -0.2) is 5.11 Å². The molecular weight excluding hydrogens is 422 g/mol. The molecule has 3 aromatic carbocycles. The van der Waals surface area contributed by atoms with Crippen LogP contribution in [0, 0.1) is 23.3 Å². The van der Waals surface area contributed by atoms with E-state index in [9.17, 15) is 27.1 Å². The minimum atomic E-state index is -4.51. The number of hydrogen-bond acceptors (Lipinski definition) is 2. The molecule has 2 nitrogen and oxygen atoms in total. The van der Waals surface area contributed by atoms with Gasteiger partial charge in [0.15, 0.2) is 17.5 Å². The molecular formula is C23H18F6O2. The summed E-state index contributed by atoms with van der Waals surface area (Å²) in [5, 5.41) is 9.95. The van der Waals surface area contributed by atoms with Gasteiger partial charge in [-0.15, -0.1) is 0 Å². The minimum absolute atomic E-state index is 0.0346. The Bertz CT molecular complexity index is 1110. The average Bonchev–Trinajstić information content (AvgIpc) is 2.71. The lowest BCUT2D eigenvalue weighted by Gasteiger charge is -2.21. The monoisotopic (exact) mass is 440 g/mol. The number of benzene rings is 3. The fourth-order valence-electron chi connectivity index (χ4n) is 3.18. The molecule has 0 saturated heterocycles. The van der Waals surface area contributed by atoms with Crippen LogP contribution < -0.4 is 4.74 Å². The first kappa shape index (κ1) is 22.5. The fraction of sp³-hybridized carbons (Fsp3) is 0.217. The van der Waals surface area contributed by atoms with Gasteiger partial charge in [0.05, 0.1) is 5.56 Å². The van der Waals surface area contributed by atoms with E-state index in [0.717, 1.165) is 17.7 Å². The quantitative estimate of drug-likeness (QED) is 0.424. The van der Waals surface area contributed by atoms with Crippen LogP contribution in [0.3, 0.4) is 0 Å². The van der Waals surface area contributed by atoms with Crippen molar-refractivity contribution in [2.45, 2.75) is 32.8 Å². The molecule has 0 aliphatic carbocycles. The first-order valence-electron chi connectivity index (χ1n) is 9.45. The largest absolute Gasteiger partial charge is 0.507 e. The van der Waals surface area contributed by atoms with Crippen LogP contribution in [-0.2, 0) is 19.0 Å². The first-order chi connectivity index (χ1) is 14.6. The van der Waals surface area contributed by atoms with E-state index in [2.05, 4.69) is 4.74 Å². The van der Waals surface area contributed by atoms with Gasteiger partial charge in [-0.25, -0.2) is 17.6 Å². The van der Waals surface area contributed by atoms with Crippen molar-refractivity contribution in [3.8, 4) is 22.6 Å². The van der Waals surface area contributed by atoms with E-state index in [-0.39, 0.29) is 23.8 Å². The van der Waals surface area contributed by atoms with Gasteiger partial charge in [-0.2, -0.15) is 8.78 Å². The summed E-state index contributed by atoms with van der Waals surface area (Å²) in [5.41, 5.74) is -2.96. The second-order valence-corrected chi connectivity index (χ2v) is 6.81. The van der Waals surface area contributed by atoms with E-state index in [4.69, 9.17) is 0 Å². The van der Waals surface area contributed by atoms with E-state index < -0.39 is 51.8 Å². The Balaban J connectivity index is 2.13. The Morgan fingerprint density at radius 3 is 2.06 bits per heavy atom. The van der Waals surface area contributed by atoms with Gasteiger partial charge in [0.1, 0.15) is 22.9 Å². The summed E-state index contributed by atoms with van der Waals surface area (Å²) >= 11 is 0. The Labute approximate surface area is 174 Å². The fourth-order valence-corrected chi connectivity index (χ4v) is 3.18. The van der Waals surface area contributed by atoms with Gasteiger partial charge < -0.3 is 9.84 Å². The number of phenols is 1. The zero-order valence-electron chi connectivity index (χ0n) is 16.6. The van der Waals surface area contributed by atoms with Crippen LogP contribution in [0.4, 0.5) is 26.3 Å². The average molecular weight is 440 g/mol. The highest BCUT2D eigenvalue weighted by molar-refractivity contribution is 5.73. The minimum Gasteiger partial charge on any atom is -0.507 e. The zero-order chi connectivity index (χ0) is 22.9. The maximum absolute atomic E-state index is 15.0. The maximum Gasteiger partial charge on any atom is 0.432 e. The second kappa shape index (κ2) is 8.53. The molecule has 0 unspecified atom stereocenters. The lowest BCUT2D eigenvalue weighted by atomic mass is 9.97. The summed E-state index contributed by atoms with van der Waals surface area (Å²) in [5.74, 6) is -8.16. The number of ether oxygens (including phenoxy) is 1. The van der Waals surface area contributed by atoms with E-state index in [0.29, 0.717) is 6.42 Å². The number of aromatic hydroxyl groups is 1. The van der Waals surface area contributed by atoms with E-state index >= 15 is 4.39 Å². The van der Waals surface area contributed by atoms with Gasteiger partial charge in [-0.05, 0) is 36.1 Å². The molecule has 3 aromatic rings. The molecule has 0 saturated carbocycles. The van der Waals surface area contributed by atoms with Crippen molar-refractivity contribution < 1.29 is 36.2 Å². The second-order valence-electron chi connectivity index (χ2n) is 6.81. The lowest BCUT2D eigenvalue weighted by molar-refractivity contribution is -0.189. The van der Waals surface area contributed by atoms with Crippen molar-refractivity contribution in [1.29, 1.82) is 0 Å². The first-order valence-corrected chi connectivity index (χ1v) is 9.45. The predicted molar refractivity (Wildman–Crippen MR) is 103 cm³/mol. The van der Waals surface area contributed by atoms with Crippen molar-refractivity contribution in [1.82, 2.24) is 0 Å². The van der Waals surface area contributed by atoms with Crippen molar-refractivity contribution in [3.63, 3.8) is 0 Å². The Morgan fingerprint density at radius 1 is 0.839 bits per heavy atom. The molecule has 0 amide bonds. The number of rotatable bonds is 6. The van der Waals surface area contributed by atoms with Gasteiger partial charge in [-0.1, -0.05) is 38.1 Å². The Kier molecular flexibility index (Phi) is 6.20. The van der Waals surface area contributed by atoms with E-state index in [1.165, 1.54) is 24.3 Å². The predicted octanol–water partition coefficient (Wildman–Crippen LogP) is 6.87. The molecule has 8 heteroatoms. The highest BCUT2D eigenvalue weighted by atomic mass is 19.3. The number of halogens is 6. The smallest absolute Gasteiger partial charge is 0.432 e. The number of alkyl halides is 2. The summed E-state index contributed by atoms with van der Waals surface area (Å²) in [6.07, 6.45) is -3.75. The summed E-state index contributed by atoms with van der Waals surface area (Å²) in [7, 11) is 0. The summed E-state index contributed by atoms with van der Waals surface area (Å²) in [6, 6.07) is 7.70. The van der Waals surface area contributed by atoms with Crippen LogP contribution in [0.1, 0.15) is 30.5 Å². The van der Waals surface area contributed by atoms with Crippen molar-refractivity contribution >= 4 is 0 Å². The zero-order valence-corrected chi connectivity index (χ0v) is 16.6. The SMILES string of the molecule is CCc1ccc(OC(F)(F)c2c(F)cc(O)c(-c3ccc(CC)c(F)c3F)c2F)cc1. The highest BCUT2D eigenvalue weighted by Gasteiger charge is 2.43. The molecule has 0 spiro atoms. The number of hydrogen-bond donors (Lipinski definition) is 1. The standard InChI is InChI=1S/C23H18F6O2/c1-3-12-5-8-14(9-6-12)31-23(28,29)19-16(24)11-17(30)18(22(19)27)15-10-7-13(4-2)20(25)21(15)26/h5-11,30H,3-4H2,1-2H3. The number of phenolic OH excluding ortho intramolecular Hbond substituents is 1. The molecule has 0 aliphatic heterocycles. The third-order valence-electron chi connectivity index (χ3n) is 4.88. The molecule has 0 radical (unpaired) electrons. The molecule has 0 bridgehead atoms. The highest BCUT2D eigenvalue weighted by Crippen LogP contribution is 2.43. The van der Waals surface area contributed by atoms with Crippen molar-refractivity contribution in [3.05, 3.63) is 82.4 Å². The van der Waals surface area contributed by atoms with E-state index in [1.54, 1.807) is 6.92 Å². The van der Waals surface area contributed by atoms with Crippen LogP contribution >= 0.6 is 0 Å². The maximum atomic E-state index is 15.0. The third-order valence-corrected chi connectivity index (χ3v) is 4.88. The molecule has 0 aromatic heterocycles. The number of aryl methyl sites for hydroxylation is 2. The Morgan fingerprint density at radius 2 is 1.48 bits per heavy atom. The van der Waals surface area contributed by atoms with Crippen molar-refractivity contribution in [2.75, 3.05) is 0 Å². The summed E-state index contributed by atoms with van der Waals surface area (Å²) in [6.45, 7) is 3.40. The Hall–Kier alpha value is -3.16. The van der Waals surface area contributed by atoms with Crippen LogP contribution in [0.5, 0.6) is 11.5 Å².